The minimum absolute atomic E-state index is 0.225. The summed E-state index contributed by atoms with van der Waals surface area (Å²) in [7, 11) is 0. The van der Waals surface area contributed by atoms with Gasteiger partial charge >= 0.3 is 0 Å². The molecule has 1 aliphatic carbocycles. The van der Waals surface area contributed by atoms with Gasteiger partial charge in [0.2, 0.25) is 0 Å². The smallest absolute Gasteiger partial charge is 0.158 e. The van der Waals surface area contributed by atoms with Gasteiger partial charge in [0.25, 0.3) is 0 Å². The molecule has 1 unspecified atom stereocenters. The van der Waals surface area contributed by atoms with Gasteiger partial charge in [0.1, 0.15) is 0 Å². The van der Waals surface area contributed by atoms with Gasteiger partial charge < -0.3 is 9.84 Å². The number of aliphatic hydroxyl groups is 1. The number of ether oxygens (including phenoxy) is 1. The van der Waals surface area contributed by atoms with Gasteiger partial charge in [0.15, 0.2) is 6.29 Å². The minimum atomic E-state index is -0.555. The van der Waals surface area contributed by atoms with Crippen molar-refractivity contribution in [1.82, 2.24) is 0 Å². The van der Waals surface area contributed by atoms with Crippen molar-refractivity contribution in [3.63, 3.8) is 0 Å². The molecule has 1 atom stereocenters. The molecule has 0 aromatic heterocycles. The third-order valence-electron chi connectivity index (χ3n) is 2.53. The topological polar surface area (TPSA) is 29.5 Å². The monoisotopic (exact) mass is 216 g/mol. The predicted molar refractivity (Wildman–Crippen MR) is 64.8 cm³/mol. The second-order valence-corrected chi connectivity index (χ2v) is 5.02. The highest BCUT2D eigenvalue weighted by atomic mass is 16.6. The van der Waals surface area contributed by atoms with E-state index in [4.69, 9.17) is 4.74 Å². The summed E-state index contributed by atoms with van der Waals surface area (Å²) in [4.78, 5) is 0. The van der Waals surface area contributed by atoms with E-state index >= 15 is 0 Å². The maximum atomic E-state index is 9.79. The minimum Gasteiger partial charge on any atom is -0.368 e. The van der Waals surface area contributed by atoms with Crippen LogP contribution in [0.2, 0.25) is 0 Å². The van der Waals surface area contributed by atoms with Crippen molar-refractivity contribution in [2.24, 2.45) is 5.92 Å². The molecule has 0 aliphatic heterocycles. The zero-order valence-electron chi connectivity index (χ0n) is 11.0. The molecule has 0 amide bonds. The Bertz CT molecular complexity index is 143. The van der Waals surface area contributed by atoms with E-state index < -0.39 is 6.29 Å². The lowest BCUT2D eigenvalue weighted by atomic mass is 9.88. The van der Waals surface area contributed by atoms with Crippen LogP contribution in [0.4, 0.5) is 0 Å². The molecule has 0 aromatic rings. The molecular weight excluding hydrogens is 188 g/mol. The number of hydrogen-bond donors (Lipinski definition) is 1. The van der Waals surface area contributed by atoms with Gasteiger partial charge in [-0.05, 0) is 33.6 Å². The van der Waals surface area contributed by atoms with Crippen LogP contribution in [0.3, 0.4) is 0 Å². The maximum absolute atomic E-state index is 9.79. The van der Waals surface area contributed by atoms with Gasteiger partial charge in [-0.25, -0.2) is 0 Å². The third kappa shape index (κ3) is 6.91. The number of rotatable bonds is 2. The van der Waals surface area contributed by atoms with E-state index in [1.165, 1.54) is 19.3 Å². The molecule has 1 aliphatic rings. The van der Waals surface area contributed by atoms with Crippen molar-refractivity contribution in [2.75, 3.05) is 0 Å². The Morgan fingerprint density at radius 2 is 1.53 bits per heavy atom. The maximum Gasteiger partial charge on any atom is 0.158 e. The molecule has 92 valence electrons. The van der Waals surface area contributed by atoms with E-state index in [-0.39, 0.29) is 5.60 Å². The first-order valence-corrected chi connectivity index (χ1v) is 6.35. The molecule has 2 heteroatoms. The Hall–Kier alpha value is -0.0800. The fourth-order valence-electron chi connectivity index (χ4n) is 1.88. The van der Waals surface area contributed by atoms with Gasteiger partial charge in [0.05, 0.1) is 5.60 Å². The first kappa shape index (κ1) is 14.9. The Balaban J connectivity index is 0.000000921. The summed E-state index contributed by atoms with van der Waals surface area (Å²) >= 11 is 0. The first-order chi connectivity index (χ1) is 6.99. The quantitative estimate of drug-likeness (QED) is 0.713. The van der Waals surface area contributed by atoms with Crippen molar-refractivity contribution in [3.05, 3.63) is 0 Å². The van der Waals surface area contributed by atoms with Gasteiger partial charge in [-0.3, -0.25) is 0 Å². The molecule has 1 rings (SSSR count). The summed E-state index contributed by atoms with van der Waals surface area (Å²) in [5, 5.41) is 9.79. The highest BCUT2D eigenvalue weighted by Gasteiger charge is 2.26. The predicted octanol–water partition coefficient (Wildman–Crippen LogP) is 3.73. The van der Waals surface area contributed by atoms with Gasteiger partial charge in [-0.15, -0.1) is 0 Å². The van der Waals surface area contributed by atoms with Gasteiger partial charge in [0, 0.05) is 5.92 Å². The zero-order valence-corrected chi connectivity index (χ0v) is 11.0. The van der Waals surface area contributed by atoms with Crippen LogP contribution in [0, 0.1) is 5.92 Å². The van der Waals surface area contributed by atoms with Crippen molar-refractivity contribution in [2.45, 2.75) is 78.6 Å². The Kier molecular flexibility index (Phi) is 7.20. The molecule has 15 heavy (non-hydrogen) atoms. The van der Waals surface area contributed by atoms with E-state index in [0.29, 0.717) is 5.92 Å². The lowest BCUT2D eigenvalue weighted by molar-refractivity contribution is -0.196. The second-order valence-electron chi connectivity index (χ2n) is 5.02. The summed E-state index contributed by atoms with van der Waals surface area (Å²) in [6, 6.07) is 0. The Morgan fingerprint density at radius 3 is 1.93 bits per heavy atom. The Morgan fingerprint density at radius 1 is 1.07 bits per heavy atom. The molecule has 0 spiro atoms. The molecule has 0 saturated heterocycles. The van der Waals surface area contributed by atoms with Crippen LogP contribution < -0.4 is 0 Å². The summed E-state index contributed by atoms with van der Waals surface area (Å²) in [5.41, 5.74) is -0.225. The van der Waals surface area contributed by atoms with Crippen LogP contribution in [-0.2, 0) is 4.74 Å². The van der Waals surface area contributed by atoms with Crippen molar-refractivity contribution < 1.29 is 9.84 Å². The highest BCUT2D eigenvalue weighted by Crippen LogP contribution is 2.28. The third-order valence-corrected chi connectivity index (χ3v) is 2.53. The van der Waals surface area contributed by atoms with Crippen LogP contribution in [0.15, 0.2) is 0 Å². The molecule has 0 bridgehead atoms. The number of hydrogen-bond acceptors (Lipinski definition) is 2. The standard InChI is InChI=1S/C11H22O2.C2H6/c1-11(2,3)13-10(12)9-7-5-4-6-8-9;1-2/h9-10,12H,4-8H2,1-3H3;1-2H3. The largest absolute Gasteiger partial charge is 0.368 e. The molecule has 0 radical (unpaired) electrons. The van der Waals surface area contributed by atoms with Crippen LogP contribution in [0.1, 0.15) is 66.7 Å². The normalized spacial score (nSPS) is 20.4. The summed E-state index contributed by atoms with van der Waals surface area (Å²) < 4.78 is 5.53. The van der Waals surface area contributed by atoms with Crippen LogP contribution in [0.5, 0.6) is 0 Å². The summed E-state index contributed by atoms with van der Waals surface area (Å²) in [6.45, 7) is 9.96. The molecule has 1 N–H and O–H groups in total. The van der Waals surface area contributed by atoms with E-state index in [2.05, 4.69) is 0 Å². The molecule has 0 heterocycles. The first-order valence-electron chi connectivity index (χ1n) is 6.35. The van der Waals surface area contributed by atoms with Crippen molar-refractivity contribution in [1.29, 1.82) is 0 Å². The highest BCUT2D eigenvalue weighted by molar-refractivity contribution is 4.70. The zero-order chi connectivity index (χ0) is 11.9. The molecular formula is C13H28O2. The van der Waals surface area contributed by atoms with Crippen molar-refractivity contribution in [3.8, 4) is 0 Å². The summed E-state index contributed by atoms with van der Waals surface area (Å²) in [6.07, 6.45) is 5.50. The number of aliphatic hydroxyl groups excluding tert-OH is 1. The van der Waals surface area contributed by atoms with Crippen molar-refractivity contribution >= 4 is 0 Å². The fourth-order valence-corrected chi connectivity index (χ4v) is 1.88. The second kappa shape index (κ2) is 7.24. The van der Waals surface area contributed by atoms with E-state index in [1.807, 2.05) is 34.6 Å². The lowest BCUT2D eigenvalue weighted by Gasteiger charge is -2.31. The lowest BCUT2D eigenvalue weighted by Crippen LogP contribution is -2.33. The average molecular weight is 216 g/mol. The van der Waals surface area contributed by atoms with Gasteiger partial charge in [-0.2, -0.15) is 0 Å². The fraction of sp³-hybridized carbons (Fsp3) is 1.00. The van der Waals surface area contributed by atoms with E-state index in [1.54, 1.807) is 0 Å². The average Bonchev–Trinajstić information content (AvgIpc) is 2.20. The SMILES string of the molecule is CC.CC(C)(C)OC(O)C1CCCCC1. The molecule has 1 saturated carbocycles. The van der Waals surface area contributed by atoms with Crippen LogP contribution in [-0.4, -0.2) is 17.0 Å². The molecule has 1 fully saturated rings. The molecule has 2 nitrogen and oxygen atoms in total. The van der Waals surface area contributed by atoms with Crippen LogP contribution in [0.25, 0.3) is 0 Å². The van der Waals surface area contributed by atoms with Gasteiger partial charge in [-0.1, -0.05) is 33.1 Å². The van der Waals surface area contributed by atoms with E-state index in [9.17, 15) is 5.11 Å². The Labute approximate surface area is 95.0 Å². The van der Waals surface area contributed by atoms with Crippen LogP contribution >= 0.6 is 0 Å². The van der Waals surface area contributed by atoms with E-state index in [0.717, 1.165) is 12.8 Å². The summed E-state index contributed by atoms with van der Waals surface area (Å²) in [5.74, 6) is 0.368. The molecule has 0 aromatic carbocycles.